The summed E-state index contributed by atoms with van der Waals surface area (Å²) in [4.78, 5) is 11.2. The Bertz CT molecular complexity index is 245. The van der Waals surface area contributed by atoms with Crippen LogP contribution in [0.2, 0.25) is 0 Å². The highest BCUT2D eigenvalue weighted by Gasteiger charge is 1.98. The molecule has 0 spiro atoms. The Morgan fingerprint density at radius 3 is 1.73 bits per heavy atom. The van der Waals surface area contributed by atoms with Gasteiger partial charge in [0.2, 0.25) is 5.91 Å². The van der Waals surface area contributed by atoms with Crippen molar-refractivity contribution < 1.29 is 23.7 Å². The number of hydrogen-bond acceptors (Lipinski definition) is 7. The molecule has 0 saturated carbocycles. The van der Waals surface area contributed by atoms with Crippen LogP contribution in [-0.2, 0) is 23.7 Å². The van der Waals surface area contributed by atoms with Crippen LogP contribution in [-0.4, -0.2) is 78.4 Å². The average Bonchev–Trinajstić information content (AvgIpc) is 2.53. The molecule has 0 aromatic rings. The fourth-order valence-electron chi connectivity index (χ4n) is 1.46. The number of nitrogens with two attached hydrogens (primary N) is 2. The predicted octanol–water partition coefficient (Wildman–Crippen LogP) is -1.13. The van der Waals surface area contributed by atoms with Crippen LogP contribution in [0.5, 0.6) is 0 Å². The highest BCUT2D eigenvalue weighted by molar-refractivity contribution is 5.75. The maximum atomic E-state index is 11.2. The lowest BCUT2D eigenvalue weighted by atomic mass is 10.3. The second kappa shape index (κ2) is 18.3. The molecule has 0 aliphatic rings. The van der Waals surface area contributed by atoms with Crippen molar-refractivity contribution in [1.29, 1.82) is 0 Å². The third-order valence-corrected chi connectivity index (χ3v) is 2.55. The van der Waals surface area contributed by atoms with Crippen molar-refractivity contribution in [3.63, 3.8) is 0 Å². The van der Waals surface area contributed by atoms with Gasteiger partial charge in [0.15, 0.2) is 0 Å². The van der Waals surface area contributed by atoms with E-state index in [0.717, 1.165) is 0 Å². The molecule has 8 nitrogen and oxygen atoms in total. The van der Waals surface area contributed by atoms with Gasteiger partial charge in [0.1, 0.15) is 0 Å². The monoisotopic (exact) mass is 321 g/mol. The maximum absolute atomic E-state index is 11.2. The van der Waals surface area contributed by atoms with Gasteiger partial charge in [-0.15, -0.1) is 0 Å². The van der Waals surface area contributed by atoms with Crippen LogP contribution < -0.4 is 16.8 Å². The van der Waals surface area contributed by atoms with E-state index >= 15 is 0 Å². The first-order valence-electron chi connectivity index (χ1n) is 7.79. The Labute approximate surface area is 132 Å². The number of carbonyl (C=O) groups excluding carboxylic acids is 1. The largest absolute Gasteiger partial charge is 0.378 e. The normalized spacial score (nSPS) is 10.8. The van der Waals surface area contributed by atoms with Crippen molar-refractivity contribution in [2.45, 2.75) is 12.8 Å². The number of carbonyl (C=O) groups is 1. The van der Waals surface area contributed by atoms with E-state index in [2.05, 4.69) is 5.32 Å². The van der Waals surface area contributed by atoms with Crippen molar-refractivity contribution in [3.05, 3.63) is 0 Å². The minimum absolute atomic E-state index is 0.0119. The summed E-state index contributed by atoms with van der Waals surface area (Å²) in [5, 5.41) is 2.76. The second-order valence-electron chi connectivity index (χ2n) is 4.48. The van der Waals surface area contributed by atoms with Gasteiger partial charge in [-0.3, -0.25) is 4.79 Å². The first-order valence-corrected chi connectivity index (χ1v) is 7.79. The summed E-state index contributed by atoms with van der Waals surface area (Å²) in [6.45, 7) is 5.77. The molecule has 0 rings (SSSR count). The third-order valence-electron chi connectivity index (χ3n) is 2.55. The lowest BCUT2D eigenvalue weighted by Gasteiger charge is -2.08. The van der Waals surface area contributed by atoms with Gasteiger partial charge in [-0.05, 0) is 13.0 Å². The van der Waals surface area contributed by atoms with Crippen LogP contribution in [0.3, 0.4) is 0 Å². The number of amides is 1. The lowest BCUT2D eigenvalue weighted by molar-refractivity contribution is -0.121. The number of rotatable bonds is 17. The first kappa shape index (κ1) is 21.2. The molecule has 0 atom stereocenters. The summed E-state index contributed by atoms with van der Waals surface area (Å²) < 4.78 is 21.1. The standard InChI is InChI=1S/C14H31N3O5/c15-3-1-2-14(18)17-5-7-20-9-11-22-13-12-21-10-8-19-6-4-16/h1-13,15-16H2,(H,17,18). The van der Waals surface area contributed by atoms with E-state index in [1.807, 2.05) is 0 Å². The van der Waals surface area contributed by atoms with Crippen LogP contribution in [0.15, 0.2) is 0 Å². The molecule has 132 valence electrons. The van der Waals surface area contributed by atoms with E-state index < -0.39 is 0 Å². The van der Waals surface area contributed by atoms with E-state index in [1.54, 1.807) is 0 Å². The summed E-state index contributed by atoms with van der Waals surface area (Å²) in [5.41, 5.74) is 10.6. The Morgan fingerprint density at radius 1 is 0.727 bits per heavy atom. The van der Waals surface area contributed by atoms with Gasteiger partial charge in [0, 0.05) is 19.5 Å². The van der Waals surface area contributed by atoms with Crippen molar-refractivity contribution >= 4 is 5.91 Å². The van der Waals surface area contributed by atoms with Crippen LogP contribution in [0, 0.1) is 0 Å². The quantitative estimate of drug-likeness (QED) is 0.290. The zero-order valence-electron chi connectivity index (χ0n) is 13.4. The molecule has 5 N–H and O–H groups in total. The highest BCUT2D eigenvalue weighted by atomic mass is 16.6. The zero-order chi connectivity index (χ0) is 16.3. The molecule has 0 radical (unpaired) electrons. The summed E-state index contributed by atoms with van der Waals surface area (Å²) in [5.74, 6) is 0.0119. The van der Waals surface area contributed by atoms with Crippen molar-refractivity contribution in [2.75, 3.05) is 72.5 Å². The van der Waals surface area contributed by atoms with Gasteiger partial charge in [-0.1, -0.05) is 0 Å². The van der Waals surface area contributed by atoms with Crippen LogP contribution in [0.1, 0.15) is 12.8 Å². The van der Waals surface area contributed by atoms with E-state index in [-0.39, 0.29) is 5.91 Å². The van der Waals surface area contributed by atoms with Crippen molar-refractivity contribution in [2.24, 2.45) is 11.5 Å². The first-order chi connectivity index (χ1) is 10.8. The Morgan fingerprint density at radius 2 is 1.23 bits per heavy atom. The minimum Gasteiger partial charge on any atom is -0.378 e. The summed E-state index contributed by atoms with van der Waals surface area (Å²) in [7, 11) is 0. The summed E-state index contributed by atoms with van der Waals surface area (Å²) in [6, 6.07) is 0. The molecule has 0 aliphatic heterocycles. The van der Waals surface area contributed by atoms with Gasteiger partial charge < -0.3 is 35.7 Å². The zero-order valence-corrected chi connectivity index (χ0v) is 13.4. The number of ether oxygens (including phenoxy) is 4. The average molecular weight is 321 g/mol. The van der Waals surface area contributed by atoms with E-state index in [4.69, 9.17) is 30.4 Å². The summed E-state index contributed by atoms with van der Waals surface area (Å²) in [6.07, 6.45) is 1.18. The number of hydrogen-bond donors (Lipinski definition) is 3. The summed E-state index contributed by atoms with van der Waals surface area (Å²) >= 11 is 0. The molecule has 0 aromatic carbocycles. The maximum Gasteiger partial charge on any atom is 0.220 e. The van der Waals surface area contributed by atoms with Crippen molar-refractivity contribution in [1.82, 2.24) is 5.32 Å². The molecule has 8 heteroatoms. The van der Waals surface area contributed by atoms with Gasteiger partial charge in [-0.25, -0.2) is 0 Å². The fourth-order valence-corrected chi connectivity index (χ4v) is 1.46. The van der Waals surface area contributed by atoms with Gasteiger partial charge in [-0.2, -0.15) is 0 Å². The third kappa shape index (κ3) is 17.3. The van der Waals surface area contributed by atoms with Crippen molar-refractivity contribution in [3.8, 4) is 0 Å². The molecule has 0 saturated heterocycles. The molecular formula is C14H31N3O5. The van der Waals surface area contributed by atoms with E-state index in [0.29, 0.717) is 85.3 Å². The molecule has 0 heterocycles. The van der Waals surface area contributed by atoms with Gasteiger partial charge >= 0.3 is 0 Å². The SMILES string of the molecule is NCCCC(=O)NCCOCCOCCOCCOCCN. The van der Waals surface area contributed by atoms with Gasteiger partial charge in [0.05, 0.1) is 52.9 Å². The Balaban J connectivity index is 3.04. The van der Waals surface area contributed by atoms with Crippen LogP contribution >= 0.6 is 0 Å². The molecule has 0 fully saturated rings. The van der Waals surface area contributed by atoms with Crippen LogP contribution in [0.25, 0.3) is 0 Å². The van der Waals surface area contributed by atoms with Crippen LogP contribution in [0.4, 0.5) is 0 Å². The smallest absolute Gasteiger partial charge is 0.220 e. The fraction of sp³-hybridized carbons (Fsp3) is 0.929. The molecule has 0 aliphatic carbocycles. The molecule has 0 bridgehead atoms. The molecule has 0 aromatic heterocycles. The van der Waals surface area contributed by atoms with E-state index in [1.165, 1.54) is 0 Å². The topological polar surface area (TPSA) is 118 Å². The van der Waals surface area contributed by atoms with Gasteiger partial charge in [0.25, 0.3) is 0 Å². The van der Waals surface area contributed by atoms with E-state index in [9.17, 15) is 4.79 Å². The Hall–Kier alpha value is -0.770. The lowest BCUT2D eigenvalue weighted by Crippen LogP contribution is -2.27. The highest BCUT2D eigenvalue weighted by Crippen LogP contribution is 1.85. The second-order valence-corrected chi connectivity index (χ2v) is 4.48. The molecular weight excluding hydrogens is 290 g/mol. The minimum atomic E-state index is 0.0119. The Kier molecular flexibility index (Phi) is 17.6. The number of nitrogens with one attached hydrogen (secondary N) is 1. The molecule has 1 amide bonds. The molecule has 0 unspecified atom stereocenters. The predicted molar refractivity (Wildman–Crippen MR) is 83.6 cm³/mol. The molecule has 22 heavy (non-hydrogen) atoms.